The second-order valence-electron chi connectivity index (χ2n) is 11.4. The van der Waals surface area contributed by atoms with Gasteiger partial charge in [0.1, 0.15) is 6.29 Å². The lowest BCUT2D eigenvalue weighted by Crippen LogP contribution is -2.46. The first-order valence-corrected chi connectivity index (χ1v) is 12.7. The van der Waals surface area contributed by atoms with Crippen LogP contribution in [0.25, 0.3) is 0 Å². The molecule has 0 bridgehead atoms. The zero-order chi connectivity index (χ0) is 20.2. The van der Waals surface area contributed by atoms with E-state index < -0.39 is 0 Å². The Balaban J connectivity index is 1.44. The number of hydrogen-bond donors (Lipinski definition) is 2. The van der Waals surface area contributed by atoms with Gasteiger partial charge in [-0.1, -0.05) is 44.3 Å². The van der Waals surface area contributed by atoms with Crippen molar-refractivity contribution in [3.05, 3.63) is 12.2 Å². The second-order valence-corrected chi connectivity index (χ2v) is 11.4. The van der Waals surface area contributed by atoms with E-state index in [1.807, 2.05) is 0 Å². The summed E-state index contributed by atoms with van der Waals surface area (Å²) in [7, 11) is 2.10. The van der Waals surface area contributed by atoms with Crippen molar-refractivity contribution in [2.75, 3.05) is 7.05 Å². The summed E-state index contributed by atoms with van der Waals surface area (Å²) >= 11 is 0. The molecule has 3 heteroatoms. The zero-order valence-electron chi connectivity index (χ0n) is 18.5. The van der Waals surface area contributed by atoms with Gasteiger partial charge in [0.25, 0.3) is 0 Å². The number of nitrogens with two attached hydrogens (primary N) is 1. The molecule has 0 amide bonds. The van der Waals surface area contributed by atoms with E-state index in [2.05, 4.69) is 18.9 Å². The average Bonchev–Trinajstić information content (AvgIpc) is 3.08. The highest BCUT2D eigenvalue weighted by Crippen LogP contribution is 2.76. The van der Waals surface area contributed by atoms with Gasteiger partial charge in [-0.15, -0.1) is 0 Å². The normalized spacial score (nSPS) is 48.6. The number of hydrogen-bond acceptors (Lipinski definition) is 3. The van der Waals surface area contributed by atoms with Gasteiger partial charge in [0.2, 0.25) is 0 Å². The molecule has 0 aromatic heterocycles. The molecule has 9 atom stereocenters. The van der Waals surface area contributed by atoms with Crippen LogP contribution in [0.2, 0.25) is 0 Å². The van der Waals surface area contributed by atoms with E-state index in [0.717, 1.165) is 24.0 Å². The maximum Gasteiger partial charge on any atom is 0.137 e. The van der Waals surface area contributed by atoms with Crippen LogP contribution in [0, 0.1) is 46.8 Å². The smallest absolute Gasteiger partial charge is 0.137 e. The summed E-state index contributed by atoms with van der Waals surface area (Å²) in [6, 6.07) is 0.338. The molecular weight excluding hydrogens is 356 g/mol. The highest BCUT2D eigenvalue weighted by Gasteiger charge is 2.73. The molecule has 0 saturated heterocycles. The lowest BCUT2D eigenvalue weighted by Gasteiger charge is -2.39. The third-order valence-electron chi connectivity index (χ3n) is 10.5. The Hall–Kier alpha value is -0.670. The molecular formula is C26H42N2O. The van der Waals surface area contributed by atoms with E-state index in [1.165, 1.54) is 82.6 Å². The Morgan fingerprint density at radius 2 is 1.86 bits per heavy atom. The molecule has 9 unspecified atom stereocenters. The summed E-state index contributed by atoms with van der Waals surface area (Å²) in [5.74, 6) is 5.30. The minimum absolute atomic E-state index is 0.0887. The first-order chi connectivity index (χ1) is 14.1. The summed E-state index contributed by atoms with van der Waals surface area (Å²) < 4.78 is 0. The van der Waals surface area contributed by atoms with Crippen LogP contribution >= 0.6 is 0 Å². The summed E-state index contributed by atoms with van der Waals surface area (Å²) in [5.41, 5.74) is 8.33. The fourth-order valence-electron chi connectivity index (χ4n) is 9.29. The fourth-order valence-corrected chi connectivity index (χ4v) is 9.29. The summed E-state index contributed by atoms with van der Waals surface area (Å²) in [5, 5.41) is 3.54. The van der Waals surface area contributed by atoms with Gasteiger partial charge in [0, 0.05) is 11.5 Å². The van der Waals surface area contributed by atoms with E-state index in [0.29, 0.717) is 29.7 Å². The quantitative estimate of drug-likeness (QED) is 0.521. The van der Waals surface area contributed by atoms with Gasteiger partial charge in [-0.25, -0.2) is 0 Å². The third kappa shape index (κ3) is 3.09. The minimum Gasteiger partial charge on any atom is -0.321 e. The number of fused-ring (bicyclic) bond motifs is 3. The number of aldehydes is 1. The van der Waals surface area contributed by atoms with Crippen molar-refractivity contribution in [3.63, 3.8) is 0 Å². The topological polar surface area (TPSA) is 55.1 Å². The SMILES string of the molecule is C=C1CCC2C(C3CC(C4CCCC4)CC13)C2(C(N)C=O)C1CCCC(NC)C1. The Labute approximate surface area is 177 Å². The highest BCUT2D eigenvalue weighted by atomic mass is 16.1. The molecule has 3 nitrogen and oxygen atoms in total. The molecule has 0 aromatic rings. The van der Waals surface area contributed by atoms with Gasteiger partial charge in [-0.05, 0) is 93.4 Å². The Morgan fingerprint density at radius 3 is 2.59 bits per heavy atom. The highest BCUT2D eigenvalue weighted by molar-refractivity contribution is 5.61. The number of rotatable bonds is 5. The third-order valence-corrected chi connectivity index (χ3v) is 10.5. The molecule has 5 saturated carbocycles. The van der Waals surface area contributed by atoms with E-state index >= 15 is 0 Å². The molecule has 5 aliphatic rings. The van der Waals surface area contributed by atoms with Crippen LogP contribution in [0.4, 0.5) is 0 Å². The van der Waals surface area contributed by atoms with Crippen LogP contribution in [0.15, 0.2) is 12.2 Å². The maximum absolute atomic E-state index is 12.1. The largest absolute Gasteiger partial charge is 0.321 e. The number of allylic oxidation sites excluding steroid dienone is 1. The van der Waals surface area contributed by atoms with E-state index in [4.69, 9.17) is 5.73 Å². The van der Waals surface area contributed by atoms with Crippen LogP contribution < -0.4 is 11.1 Å². The number of carbonyl (C=O) groups is 1. The lowest BCUT2D eigenvalue weighted by molar-refractivity contribution is -0.111. The number of carbonyl (C=O) groups excluding carboxylic acids is 1. The molecule has 29 heavy (non-hydrogen) atoms. The predicted octanol–water partition coefficient (Wildman–Crippen LogP) is 4.71. The zero-order valence-corrected chi connectivity index (χ0v) is 18.5. The van der Waals surface area contributed by atoms with Crippen molar-refractivity contribution >= 4 is 6.29 Å². The molecule has 5 rings (SSSR count). The van der Waals surface area contributed by atoms with E-state index in [9.17, 15) is 4.79 Å². The van der Waals surface area contributed by atoms with E-state index in [1.54, 1.807) is 0 Å². The van der Waals surface area contributed by atoms with Crippen LogP contribution in [0.1, 0.15) is 77.0 Å². The van der Waals surface area contributed by atoms with Gasteiger partial charge in [-0.2, -0.15) is 0 Å². The molecule has 5 fully saturated rings. The monoisotopic (exact) mass is 398 g/mol. The van der Waals surface area contributed by atoms with Crippen molar-refractivity contribution in [2.24, 2.45) is 52.6 Å². The predicted molar refractivity (Wildman–Crippen MR) is 118 cm³/mol. The number of nitrogens with one attached hydrogen (secondary N) is 1. The molecule has 0 aliphatic heterocycles. The van der Waals surface area contributed by atoms with Gasteiger partial charge >= 0.3 is 0 Å². The molecule has 0 heterocycles. The first kappa shape index (κ1) is 20.2. The first-order valence-electron chi connectivity index (χ1n) is 12.7. The molecule has 162 valence electrons. The Morgan fingerprint density at radius 1 is 1.07 bits per heavy atom. The van der Waals surface area contributed by atoms with Crippen molar-refractivity contribution in [1.82, 2.24) is 5.32 Å². The van der Waals surface area contributed by atoms with E-state index in [-0.39, 0.29) is 11.5 Å². The van der Waals surface area contributed by atoms with Gasteiger partial charge in [-0.3, -0.25) is 0 Å². The van der Waals surface area contributed by atoms with Crippen LogP contribution in [0.5, 0.6) is 0 Å². The van der Waals surface area contributed by atoms with Crippen LogP contribution in [-0.2, 0) is 4.79 Å². The average molecular weight is 399 g/mol. The van der Waals surface area contributed by atoms with Gasteiger partial charge in [0.15, 0.2) is 0 Å². The minimum atomic E-state index is -0.268. The maximum atomic E-state index is 12.1. The summed E-state index contributed by atoms with van der Waals surface area (Å²) in [6.07, 6.45) is 17.1. The molecule has 0 radical (unpaired) electrons. The molecule has 0 aromatic carbocycles. The van der Waals surface area contributed by atoms with Crippen molar-refractivity contribution < 1.29 is 4.79 Å². The molecule has 3 N–H and O–H groups in total. The summed E-state index contributed by atoms with van der Waals surface area (Å²) in [4.78, 5) is 12.1. The van der Waals surface area contributed by atoms with Gasteiger partial charge in [0.05, 0.1) is 6.04 Å². The van der Waals surface area contributed by atoms with Crippen molar-refractivity contribution in [2.45, 2.75) is 89.1 Å². The lowest BCUT2D eigenvalue weighted by atomic mass is 9.68. The molecule has 5 aliphatic carbocycles. The van der Waals surface area contributed by atoms with Gasteiger partial charge < -0.3 is 15.8 Å². The van der Waals surface area contributed by atoms with Crippen LogP contribution in [-0.4, -0.2) is 25.4 Å². The molecule has 0 spiro atoms. The van der Waals surface area contributed by atoms with Crippen LogP contribution in [0.3, 0.4) is 0 Å². The standard InChI is InChI=1S/C26H42N2O/c1-16-10-11-23-25(22-13-18(12-21(16)22)17-6-3-4-7-17)26(23,24(27)15-29)19-8-5-9-20(14-19)28-2/h15,17-25,28H,1,3-14,27H2,2H3. The fraction of sp³-hybridized carbons (Fsp3) is 0.885. The van der Waals surface area contributed by atoms with Crippen molar-refractivity contribution in [1.29, 1.82) is 0 Å². The van der Waals surface area contributed by atoms with Crippen molar-refractivity contribution in [3.8, 4) is 0 Å². The second kappa shape index (κ2) is 7.79. The Bertz CT molecular complexity index is 641. The Kier molecular flexibility index (Phi) is 5.44. The summed E-state index contributed by atoms with van der Waals surface area (Å²) in [6.45, 7) is 4.57.